The van der Waals surface area contributed by atoms with Gasteiger partial charge in [0.1, 0.15) is 6.33 Å². The van der Waals surface area contributed by atoms with Crippen molar-refractivity contribution < 1.29 is 0 Å². The van der Waals surface area contributed by atoms with E-state index in [1.807, 2.05) is 10.6 Å². The fourth-order valence-corrected chi connectivity index (χ4v) is 2.69. The van der Waals surface area contributed by atoms with E-state index in [9.17, 15) is 0 Å². The number of halogens is 1. The van der Waals surface area contributed by atoms with Crippen molar-refractivity contribution in [2.45, 2.75) is 12.8 Å². The summed E-state index contributed by atoms with van der Waals surface area (Å²) in [6.07, 6.45) is 7.62. The lowest BCUT2D eigenvalue weighted by molar-refractivity contribution is 0.572. The summed E-state index contributed by atoms with van der Waals surface area (Å²) in [4.78, 5) is 6.70. The lowest BCUT2D eigenvalue weighted by Crippen LogP contribution is -2.21. The fraction of sp³-hybridized carbons (Fsp3) is 0.545. The van der Waals surface area contributed by atoms with Crippen molar-refractivity contribution in [3.05, 3.63) is 18.7 Å². The Hall–Kier alpha value is -1.36. The molecule has 0 aromatic carbocycles. The normalized spacial score (nSPS) is 20.3. The topological polar surface area (TPSA) is 46.3 Å². The van der Waals surface area contributed by atoms with Gasteiger partial charge in [-0.25, -0.2) is 4.98 Å². The number of alkyl halides is 1. The molecule has 2 aromatic rings. The van der Waals surface area contributed by atoms with E-state index in [2.05, 4.69) is 20.1 Å². The van der Waals surface area contributed by atoms with Crippen molar-refractivity contribution in [2.24, 2.45) is 5.92 Å². The summed E-state index contributed by atoms with van der Waals surface area (Å²) in [5.74, 6) is 2.35. The Morgan fingerprint density at radius 3 is 3.29 bits per heavy atom. The third-order valence-corrected chi connectivity index (χ3v) is 3.52. The van der Waals surface area contributed by atoms with Gasteiger partial charge in [-0.05, 0) is 18.8 Å². The molecule has 3 heterocycles. The molecule has 1 fully saturated rings. The number of nitrogens with zero attached hydrogens (tertiary/aromatic N) is 5. The Labute approximate surface area is 104 Å². The van der Waals surface area contributed by atoms with Crippen LogP contribution in [0.1, 0.15) is 12.8 Å². The zero-order chi connectivity index (χ0) is 11.7. The lowest BCUT2D eigenvalue weighted by Gasteiger charge is -2.17. The standard InChI is InChI=1S/C11H14ClN5/c12-3-1-9-2-5-16(7-9)10-11-15-14-8-17(11)6-4-13-10/h4,6,8-9H,1-3,5,7H2. The second kappa shape index (κ2) is 4.49. The third kappa shape index (κ3) is 1.95. The quantitative estimate of drug-likeness (QED) is 0.777. The van der Waals surface area contributed by atoms with Crippen LogP contribution in [0.3, 0.4) is 0 Å². The van der Waals surface area contributed by atoms with Crippen LogP contribution in [0, 0.1) is 5.92 Å². The van der Waals surface area contributed by atoms with Gasteiger partial charge in [0.2, 0.25) is 5.65 Å². The average Bonchev–Trinajstić information content (AvgIpc) is 2.96. The highest BCUT2D eigenvalue weighted by Gasteiger charge is 2.24. The van der Waals surface area contributed by atoms with Crippen molar-refractivity contribution in [3.63, 3.8) is 0 Å². The van der Waals surface area contributed by atoms with Gasteiger partial charge < -0.3 is 4.90 Å². The van der Waals surface area contributed by atoms with Gasteiger partial charge in [-0.1, -0.05) is 0 Å². The van der Waals surface area contributed by atoms with Crippen molar-refractivity contribution >= 4 is 23.1 Å². The smallest absolute Gasteiger partial charge is 0.203 e. The van der Waals surface area contributed by atoms with Crippen LogP contribution in [0.2, 0.25) is 0 Å². The summed E-state index contributed by atoms with van der Waals surface area (Å²) >= 11 is 5.79. The van der Waals surface area contributed by atoms with Crippen molar-refractivity contribution in [1.29, 1.82) is 0 Å². The molecule has 17 heavy (non-hydrogen) atoms. The minimum absolute atomic E-state index is 0.678. The largest absolute Gasteiger partial charge is 0.353 e. The molecule has 0 saturated carbocycles. The molecule has 1 atom stereocenters. The monoisotopic (exact) mass is 251 g/mol. The number of hydrogen-bond donors (Lipinski definition) is 0. The minimum atomic E-state index is 0.678. The first-order chi connectivity index (χ1) is 8.38. The van der Waals surface area contributed by atoms with E-state index in [0.717, 1.165) is 36.9 Å². The Morgan fingerprint density at radius 1 is 1.47 bits per heavy atom. The van der Waals surface area contributed by atoms with Crippen LogP contribution in [0.4, 0.5) is 5.82 Å². The molecule has 0 radical (unpaired) electrons. The second-order valence-corrected chi connectivity index (χ2v) is 4.77. The minimum Gasteiger partial charge on any atom is -0.353 e. The van der Waals surface area contributed by atoms with Gasteiger partial charge in [-0.3, -0.25) is 4.40 Å². The molecule has 1 aliphatic rings. The Morgan fingerprint density at radius 2 is 2.41 bits per heavy atom. The molecule has 0 amide bonds. The van der Waals surface area contributed by atoms with Crippen LogP contribution in [0.5, 0.6) is 0 Å². The first-order valence-corrected chi connectivity index (χ1v) is 6.37. The van der Waals surface area contributed by atoms with E-state index in [-0.39, 0.29) is 0 Å². The van der Waals surface area contributed by atoms with Crippen molar-refractivity contribution in [1.82, 2.24) is 19.6 Å². The number of fused-ring (bicyclic) bond motifs is 1. The molecule has 90 valence electrons. The van der Waals surface area contributed by atoms with Crippen LogP contribution in [-0.4, -0.2) is 38.6 Å². The predicted octanol–water partition coefficient (Wildman–Crippen LogP) is 1.58. The highest BCUT2D eigenvalue weighted by atomic mass is 35.5. The lowest BCUT2D eigenvalue weighted by atomic mass is 10.1. The highest BCUT2D eigenvalue weighted by molar-refractivity contribution is 6.17. The fourth-order valence-electron chi connectivity index (χ4n) is 2.38. The van der Waals surface area contributed by atoms with Crippen LogP contribution >= 0.6 is 11.6 Å². The second-order valence-electron chi connectivity index (χ2n) is 4.39. The van der Waals surface area contributed by atoms with E-state index >= 15 is 0 Å². The van der Waals surface area contributed by atoms with E-state index in [1.54, 1.807) is 12.5 Å². The maximum absolute atomic E-state index is 5.79. The van der Waals surface area contributed by atoms with E-state index in [4.69, 9.17) is 11.6 Å². The molecule has 0 N–H and O–H groups in total. The molecule has 3 rings (SSSR count). The number of hydrogen-bond acceptors (Lipinski definition) is 4. The van der Waals surface area contributed by atoms with Crippen LogP contribution in [0.25, 0.3) is 5.65 Å². The van der Waals surface area contributed by atoms with E-state index in [0.29, 0.717) is 5.92 Å². The first kappa shape index (κ1) is 10.8. The van der Waals surface area contributed by atoms with E-state index in [1.165, 1.54) is 6.42 Å². The molecule has 1 aliphatic heterocycles. The number of anilines is 1. The Bertz CT molecular complexity index is 511. The summed E-state index contributed by atoms with van der Waals surface area (Å²) in [5.41, 5.74) is 0.832. The molecule has 1 unspecified atom stereocenters. The number of aromatic nitrogens is 4. The first-order valence-electron chi connectivity index (χ1n) is 5.84. The predicted molar refractivity (Wildman–Crippen MR) is 66.4 cm³/mol. The summed E-state index contributed by atoms with van der Waals surface area (Å²) < 4.78 is 1.90. The summed E-state index contributed by atoms with van der Waals surface area (Å²) in [6, 6.07) is 0. The highest BCUT2D eigenvalue weighted by Crippen LogP contribution is 2.26. The summed E-state index contributed by atoms with van der Waals surface area (Å²) in [6.45, 7) is 2.05. The SMILES string of the molecule is ClCCC1CCN(c2nccn3cnnc23)C1. The molecule has 0 bridgehead atoms. The summed E-state index contributed by atoms with van der Waals surface area (Å²) in [7, 11) is 0. The molecule has 0 aliphatic carbocycles. The van der Waals surface area contributed by atoms with Gasteiger partial charge in [0.05, 0.1) is 0 Å². The van der Waals surface area contributed by atoms with Crippen LogP contribution in [-0.2, 0) is 0 Å². The molecular weight excluding hydrogens is 238 g/mol. The van der Waals surface area contributed by atoms with Gasteiger partial charge in [0, 0.05) is 31.4 Å². The van der Waals surface area contributed by atoms with Crippen LogP contribution < -0.4 is 4.90 Å². The molecule has 1 saturated heterocycles. The maximum atomic E-state index is 5.79. The molecule has 2 aromatic heterocycles. The molecule has 5 nitrogen and oxygen atoms in total. The summed E-state index contributed by atoms with van der Waals surface area (Å²) in [5, 5.41) is 8.03. The Balaban J connectivity index is 1.87. The van der Waals surface area contributed by atoms with Crippen LogP contribution in [0.15, 0.2) is 18.7 Å². The number of rotatable bonds is 3. The zero-order valence-electron chi connectivity index (χ0n) is 9.46. The van der Waals surface area contributed by atoms with Gasteiger partial charge in [-0.15, -0.1) is 21.8 Å². The van der Waals surface area contributed by atoms with Crippen molar-refractivity contribution in [3.8, 4) is 0 Å². The zero-order valence-corrected chi connectivity index (χ0v) is 10.2. The van der Waals surface area contributed by atoms with Gasteiger partial charge in [0.25, 0.3) is 0 Å². The van der Waals surface area contributed by atoms with Gasteiger partial charge in [-0.2, -0.15) is 0 Å². The van der Waals surface area contributed by atoms with Crippen molar-refractivity contribution in [2.75, 3.05) is 23.9 Å². The third-order valence-electron chi connectivity index (χ3n) is 3.30. The van der Waals surface area contributed by atoms with Gasteiger partial charge in [0.15, 0.2) is 5.82 Å². The molecule has 6 heteroatoms. The molecule has 0 spiro atoms. The molecular formula is C11H14ClN5. The average molecular weight is 252 g/mol. The maximum Gasteiger partial charge on any atom is 0.203 e. The van der Waals surface area contributed by atoms with E-state index < -0.39 is 0 Å². The Kier molecular flexibility index (Phi) is 2.84. The van der Waals surface area contributed by atoms with Gasteiger partial charge >= 0.3 is 0 Å².